The molecule has 1 aliphatic heterocycles. The topological polar surface area (TPSA) is 30.7 Å². The molecule has 0 unspecified atom stereocenters. The first-order valence-corrected chi connectivity index (χ1v) is 6.63. The molecule has 1 aliphatic carbocycles. The Hall–Kier alpha value is -2.68. The molecule has 3 heteroatoms. The second-order valence-electron chi connectivity index (χ2n) is 4.88. The van der Waals surface area contributed by atoms with E-state index in [1.54, 1.807) is 0 Å². The Morgan fingerprint density at radius 2 is 1.85 bits per heavy atom. The van der Waals surface area contributed by atoms with Gasteiger partial charge in [0.1, 0.15) is 0 Å². The third kappa shape index (κ3) is 1.75. The summed E-state index contributed by atoms with van der Waals surface area (Å²) < 4.78 is 2.25. The minimum atomic E-state index is 0.829. The van der Waals surface area contributed by atoms with Gasteiger partial charge in [-0.15, -0.1) is 0 Å². The monoisotopic (exact) mass is 259 g/mol. The molecule has 0 spiro atoms. The second-order valence-corrected chi connectivity index (χ2v) is 4.88. The fourth-order valence-corrected chi connectivity index (χ4v) is 2.68. The summed E-state index contributed by atoms with van der Waals surface area (Å²) in [5.41, 5.74) is 4.73. The van der Waals surface area contributed by atoms with Crippen LogP contribution in [0, 0.1) is 0 Å². The highest BCUT2D eigenvalue weighted by atomic mass is 15.0. The molecule has 20 heavy (non-hydrogen) atoms. The van der Waals surface area contributed by atoms with E-state index in [1.807, 2.05) is 36.8 Å². The van der Waals surface area contributed by atoms with E-state index in [0.717, 1.165) is 12.1 Å². The fourth-order valence-electron chi connectivity index (χ4n) is 2.68. The van der Waals surface area contributed by atoms with E-state index >= 15 is 0 Å². The standard InChI is InChI=1S/C17H13N3/c1-3-14-11-15-4-2-10-20(17(15)16(14)19-7-1)12-13-5-8-18-9-6-13/h1-11H,12H2. The van der Waals surface area contributed by atoms with E-state index in [2.05, 4.69) is 45.0 Å². The van der Waals surface area contributed by atoms with Crippen molar-refractivity contribution >= 4 is 10.9 Å². The SMILES string of the molecule is c1cnc2c3n(Cc4ccncc4)cccc-3cc2c1. The third-order valence-electron chi connectivity index (χ3n) is 3.58. The van der Waals surface area contributed by atoms with Gasteiger partial charge in [0.25, 0.3) is 0 Å². The van der Waals surface area contributed by atoms with Gasteiger partial charge >= 0.3 is 0 Å². The van der Waals surface area contributed by atoms with Gasteiger partial charge in [0.2, 0.25) is 0 Å². The Morgan fingerprint density at radius 3 is 2.75 bits per heavy atom. The van der Waals surface area contributed by atoms with Crippen LogP contribution < -0.4 is 0 Å². The van der Waals surface area contributed by atoms with Gasteiger partial charge < -0.3 is 4.57 Å². The van der Waals surface area contributed by atoms with E-state index in [9.17, 15) is 0 Å². The lowest BCUT2D eigenvalue weighted by Gasteiger charge is -2.13. The fraction of sp³-hybridized carbons (Fsp3) is 0.0588. The minimum absolute atomic E-state index is 0.829. The quantitative estimate of drug-likeness (QED) is 0.551. The van der Waals surface area contributed by atoms with Crippen molar-refractivity contribution in [3.63, 3.8) is 0 Å². The molecule has 0 radical (unpaired) electrons. The molecule has 0 bridgehead atoms. The molecule has 0 N–H and O–H groups in total. The Morgan fingerprint density at radius 1 is 0.950 bits per heavy atom. The lowest BCUT2D eigenvalue weighted by atomic mass is 10.2. The average Bonchev–Trinajstić information content (AvgIpc) is 2.88. The van der Waals surface area contributed by atoms with Crippen LogP contribution in [0.15, 0.2) is 67.3 Å². The highest BCUT2D eigenvalue weighted by Crippen LogP contribution is 2.32. The van der Waals surface area contributed by atoms with Crippen molar-refractivity contribution in [1.29, 1.82) is 0 Å². The van der Waals surface area contributed by atoms with Gasteiger partial charge in [0.05, 0.1) is 11.2 Å². The number of rotatable bonds is 2. The van der Waals surface area contributed by atoms with Crippen molar-refractivity contribution in [2.75, 3.05) is 0 Å². The van der Waals surface area contributed by atoms with Crippen LogP contribution in [0.1, 0.15) is 5.56 Å². The van der Waals surface area contributed by atoms with E-state index in [4.69, 9.17) is 0 Å². The lowest BCUT2D eigenvalue weighted by Crippen LogP contribution is -2.03. The summed E-state index contributed by atoms with van der Waals surface area (Å²) in [5.74, 6) is 0. The van der Waals surface area contributed by atoms with Crippen molar-refractivity contribution in [1.82, 2.24) is 14.5 Å². The molecule has 4 rings (SSSR count). The van der Waals surface area contributed by atoms with Crippen LogP contribution in [0.25, 0.3) is 22.2 Å². The molecule has 0 aromatic carbocycles. The molecule has 3 nitrogen and oxygen atoms in total. The Labute approximate surface area is 116 Å². The maximum absolute atomic E-state index is 4.54. The van der Waals surface area contributed by atoms with Gasteiger partial charge in [-0.3, -0.25) is 9.97 Å². The van der Waals surface area contributed by atoms with Crippen LogP contribution in [0.5, 0.6) is 0 Å². The normalized spacial score (nSPS) is 11.2. The minimum Gasteiger partial charge on any atom is -0.341 e. The number of hydrogen-bond acceptors (Lipinski definition) is 2. The maximum atomic E-state index is 4.54. The summed E-state index contributed by atoms with van der Waals surface area (Å²) in [6.45, 7) is 0.829. The molecule has 0 amide bonds. The summed E-state index contributed by atoms with van der Waals surface area (Å²) in [6, 6.07) is 14.6. The molecule has 2 aromatic rings. The smallest absolute Gasteiger partial charge is 0.0945 e. The van der Waals surface area contributed by atoms with Gasteiger partial charge in [0, 0.05) is 42.3 Å². The zero-order chi connectivity index (χ0) is 13.4. The number of nitrogens with zero attached hydrogens (tertiary/aromatic N) is 3. The Kier molecular flexibility index (Phi) is 2.49. The number of hydrogen-bond donors (Lipinski definition) is 0. The predicted octanol–water partition coefficient (Wildman–Crippen LogP) is 3.58. The third-order valence-corrected chi connectivity index (χ3v) is 3.58. The largest absolute Gasteiger partial charge is 0.341 e. The van der Waals surface area contributed by atoms with Gasteiger partial charge in [0.15, 0.2) is 0 Å². The summed E-state index contributed by atoms with van der Waals surface area (Å²) >= 11 is 0. The summed E-state index contributed by atoms with van der Waals surface area (Å²) in [6.07, 6.45) is 7.62. The van der Waals surface area contributed by atoms with Crippen molar-refractivity contribution in [2.24, 2.45) is 0 Å². The number of aromatic nitrogens is 3. The van der Waals surface area contributed by atoms with Crippen LogP contribution in [-0.2, 0) is 6.54 Å². The molecular weight excluding hydrogens is 246 g/mol. The highest BCUT2D eigenvalue weighted by Gasteiger charge is 2.13. The average molecular weight is 259 g/mol. The van der Waals surface area contributed by atoms with Crippen LogP contribution in [0.3, 0.4) is 0 Å². The van der Waals surface area contributed by atoms with E-state index in [1.165, 1.54) is 22.2 Å². The predicted molar refractivity (Wildman–Crippen MR) is 79.7 cm³/mol. The summed E-state index contributed by atoms with van der Waals surface area (Å²) in [4.78, 5) is 8.61. The maximum Gasteiger partial charge on any atom is 0.0945 e. The molecule has 0 saturated heterocycles. The van der Waals surface area contributed by atoms with Crippen LogP contribution >= 0.6 is 0 Å². The van der Waals surface area contributed by atoms with Gasteiger partial charge in [-0.2, -0.15) is 0 Å². The number of fused-ring (bicyclic) bond motifs is 3. The molecular formula is C17H13N3. The van der Waals surface area contributed by atoms with Gasteiger partial charge in [-0.25, -0.2) is 0 Å². The molecule has 96 valence electrons. The van der Waals surface area contributed by atoms with Crippen molar-refractivity contribution in [3.05, 3.63) is 72.8 Å². The molecule has 2 aromatic heterocycles. The summed E-state index contributed by atoms with van der Waals surface area (Å²) in [7, 11) is 0. The molecule has 0 fully saturated rings. The molecule has 3 heterocycles. The van der Waals surface area contributed by atoms with E-state index < -0.39 is 0 Å². The zero-order valence-corrected chi connectivity index (χ0v) is 10.9. The van der Waals surface area contributed by atoms with Gasteiger partial charge in [-0.05, 0) is 35.9 Å². The first kappa shape index (κ1) is 11.2. The lowest BCUT2D eigenvalue weighted by molar-refractivity contribution is 0.801. The van der Waals surface area contributed by atoms with Crippen LogP contribution in [0.2, 0.25) is 0 Å². The highest BCUT2D eigenvalue weighted by molar-refractivity contribution is 5.97. The molecule has 0 saturated carbocycles. The van der Waals surface area contributed by atoms with E-state index in [-0.39, 0.29) is 0 Å². The van der Waals surface area contributed by atoms with Crippen molar-refractivity contribution in [2.45, 2.75) is 6.54 Å². The molecule has 0 atom stereocenters. The van der Waals surface area contributed by atoms with Crippen molar-refractivity contribution in [3.8, 4) is 11.3 Å². The first-order valence-electron chi connectivity index (χ1n) is 6.63. The van der Waals surface area contributed by atoms with Crippen molar-refractivity contribution < 1.29 is 0 Å². The van der Waals surface area contributed by atoms with Crippen LogP contribution in [-0.4, -0.2) is 14.5 Å². The Bertz CT molecular complexity index is 833. The van der Waals surface area contributed by atoms with Crippen LogP contribution in [0.4, 0.5) is 0 Å². The van der Waals surface area contributed by atoms with Gasteiger partial charge in [-0.1, -0.05) is 12.1 Å². The molecule has 2 aliphatic rings. The van der Waals surface area contributed by atoms with E-state index in [0.29, 0.717) is 0 Å². The number of pyridine rings is 3. The Balaban J connectivity index is 1.91. The zero-order valence-electron chi connectivity index (χ0n) is 10.9. The summed E-state index contributed by atoms with van der Waals surface area (Å²) in [5, 5.41) is 1.19. The first-order chi connectivity index (χ1) is 9.92. The second kappa shape index (κ2) is 4.46.